The standard InChI is InChI=1S/C16H15BrN2O3S/c1-21-13-7-6-12(9-14(13)22-2)18-16(23)19-15(20)10-4-3-5-11(17)8-10/h3-9H,1-2H3,(H2,18,19,20,23). The largest absolute Gasteiger partial charge is 0.493 e. The Morgan fingerprint density at radius 1 is 1.09 bits per heavy atom. The molecule has 2 aromatic rings. The highest BCUT2D eigenvalue weighted by Gasteiger charge is 2.10. The molecule has 2 aromatic carbocycles. The van der Waals surface area contributed by atoms with E-state index in [1.807, 2.05) is 6.07 Å². The zero-order valence-electron chi connectivity index (χ0n) is 12.6. The first-order chi connectivity index (χ1) is 11.0. The first-order valence-corrected chi connectivity index (χ1v) is 7.83. The van der Waals surface area contributed by atoms with Crippen molar-refractivity contribution in [2.75, 3.05) is 19.5 Å². The first-order valence-electron chi connectivity index (χ1n) is 6.63. The molecule has 0 aliphatic heterocycles. The molecule has 0 bridgehead atoms. The number of amides is 1. The maximum atomic E-state index is 12.1. The monoisotopic (exact) mass is 394 g/mol. The van der Waals surface area contributed by atoms with Crippen LogP contribution in [-0.4, -0.2) is 25.2 Å². The number of rotatable bonds is 4. The second-order valence-electron chi connectivity index (χ2n) is 4.49. The van der Waals surface area contributed by atoms with Crippen LogP contribution in [-0.2, 0) is 0 Å². The molecule has 0 saturated carbocycles. The van der Waals surface area contributed by atoms with Crippen LogP contribution in [0.1, 0.15) is 10.4 Å². The minimum absolute atomic E-state index is 0.196. The quantitative estimate of drug-likeness (QED) is 0.775. The van der Waals surface area contributed by atoms with E-state index in [9.17, 15) is 4.79 Å². The number of benzene rings is 2. The highest BCUT2D eigenvalue weighted by Crippen LogP contribution is 2.29. The summed E-state index contributed by atoms with van der Waals surface area (Å²) in [5.41, 5.74) is 1.19. The zero-order valence-corrected chi connectivity index (χ0v) is 15.0. The summed E-state index contributed by atoms with van der Waals surface area (Å²) in [6, 6.07) is 12.3. The Morgan fingerprint density at radius 3 is 2.48 bits per heavy atom. The van der Waals surface area contributed by atoms with E-state index < -0.39 is 0 Å². The van der Waals surface area contributed by atoms with E-state index in [0.717, 1.165) is 4.47 Å². The van der Waals surface area contributed by atoms with Gasteiger partial charge < -0.3 is 14.8 Å². The minimum atomic E-state index is -0.288. The van der Waals surface area contributed by atoms with Gasteiger partial charge in [-0.2, -0.15) is 0 Å². The predicted octanol–water partition coefficient (Wildman–Crippen LogP) is 3.59. The van der Waals surface area contributed by atoms with Crippen LogP contribution < -0.4 is 20.1 Å². The van der Waals surface area contributed by atoms with E-state index in [1.54, 1.807) is 50.6 Å². The molecule has 2 N–H and O–H groups in total. The number of nitrogens with one attached hydrogen (secondary N) is 2. The fourth-order valence-electron chi connectivity index (χ4n) is 1.88. The van der Waals surface area contributed by atoms with Crippen molar-refractivity contribution in [3.8, 4) is 11.5 Å². The average Bonchev–Trinajstić information content (AvgIpc) is 2.54. The van der Waals surface area contributed by atoms with E-state index in [0.29, 0.717) is 22.7 Å². The van der Waals surface area contributed by atoms with Gasteiger partial charge in [-0.1, -0.05) is 22.0 Å². The molecule has 0 aliphatic rings. The van der Waals surface area contributed by atoms with Gasteiger partial charge in [0.1, 0.15) is 0 Å². The topological polar surface area (TPSA) is 59.6 Å². The van der Waals surface area contributed by atoms with Gasteiger partial charge in [0.25, 0.3) is 5.91 Å². The molecule has 120 valence electrons. The van der Waals surface area contributed by atoms with Gasteiger partial charge in [-0.25, -0.2) is 0 Å². The zero-order chi connectivity index (χ0) is 16.8. The summed E-state index contributed by atoms with van der Waals surface area (Å²) in [5.74, 6) is 0.894. The Bertz CT molecular complexity index is 737. The highest BCUT2D eigenvalue weighted by atomic mass is 79.9. The molecular weight excluding hydrogens is 380 g/mol. The lowest BCUT2D eigenvalue weighted by atomic mass is 10.2. The fourth-order valence-corrected chi connectivity index (χ4v) is 2.49. The molecule has 0 fully saturated rings. The van der Waals surface area contributed by atoms with Crippen molar-refractivity contribution in [2.45, 2.75) is 0 Å². The lowest BCUT2D eigenvalue weighted by Gasteiger charge is -2.12. The second-order valence-corrected chi connectivity index (χ2v) is 5.81. The molecule has 0 heterocycles. The molecule has 0 saturated heterocycles. The van der Waals surface area contributed by atoms with Crippen molar-refractivity contribution in [3.63, 3.8) is 0 Å². The van der Waals surface area contributed by atoms with Crippen LogP contribution in [0.5, 0.6) is 11.5 Å². The molecule has 0 atom stereocenters. The van der Waals surface area contributed by atoms with Crippen LogP contribution >= 0.6 is 28.1 Å². The van der Waals surface area contributed by atoms with E-state index in [-0.39, 0.29) is 11.0 Å². The number of hydrogen-bond acceptors (Lipinski definition) is 4. The summed E-state index contributed by atoms with van der Waals surface area (Å²) in [6.07, 6.45) is 0. The van der Waals surface area contributed by atoms with Gasteiger partial charge >= 0.3 is 0 Å². The Morgan fingerprint density at radius 2 is 1.83 bits per heavy atom. The van der Waals surface area contributed by atoms with E-state index >= 15 is 0 Å². The maximum absolute atomic E-state index is 12.1. The Balaban J connectivity index is 2.03. The fraction of sp³-hybridized carbons (Fsp3) is 0.125. The molecular formula is C16H15BrN2O3S. The number of methoxy groups -OCH3 is 2. The summed E-state index contributed by atoms with van der Waals surface area (Å²) < 4.78 is 11.2. The molecule has 1 amide bonds. The highest BCUT2D eigenvalue weighted by molar-refractivity contribution is 9.10. The normalized spacial score (nSPS) is 9.87. The van der Waals surface area contributed by atoms with Gasteiger partial charge in [0, 0.05) is 21.8 Å². The second kappa shape index (κ2) is 7.94. The number of halogens is 1. The van der Waals surface area contributed by atoms with E-state index in [4.69, 9.17) is 21.7 Å². The third-order valence-electron chi connectivity index (χ3n) is 2.96. The Labute approximate surface area is 148 Å². The van der Waals surface area contributed by atoms with E-state index in [2.05, 4.69) is 26.6 Å². The molecule has 2 rings (SSSR count). The first kappa shape index (κ1) is 17.2. The Kier molecular flexibility index (Phi) is 5.95. The summed E-state index contributed by atoms with van der Waals surface area (Å²) >= 11 is 8.48. The van der Waals surface area contributed by atoms with Gasteiger partial charge in [0.2, 0.25) is 0 Å². The molecule has 23 heavy (non-hydrogen) atoms. The minimum Gasteiger partial charge on any atom is -0.493 e. The van der Waals surface area contributed by atoms with Gasteiger partial charge in [0.05, 0.1) is 14.2 Å². The van der Waals surface area contributed by atoms with Crippen LogP contribution in [0, 0.1) is 0 Å². The number of hydrogen-bond donors (Lipinski definition) is 2. The molecule has 0 aromatic heterocycles. The molecule has 7 heteroatoms. The Hall–Kier alpha value is -2.12. The van der Waals surface area contributed by atoms with E-state index in [1.165, 1.54) is 0 Å². The van der Waals surface area contributed by atoms with Crippen molar-refractivity contribution < 1.29 is 14.3 Å². The number of anilines is 1. The number of carbonyl (C=O) groups excluding carboxylic acids is 1. The third-order valence-corrected chi connectivity index (χ3v) is 3.65. The third kappa shape index (κ3) is 4.67. The number of ether oxygens (including phenoxy) is 2. The summed E-state index contributed by atoms with van der Waals surface area (Å²) in [4.78, 5) is 12.1. The van der Waals surface area contributed by atoms with Gasteiger partial charge in [-0.05, 0) is 42.5 Å². The predicted molar refractivity (Wildman–Crippen MR) is 97.4 cm³/mol. The van der Waals surface area contributed by atoms with Gasteiger partial charge in [-0.15, -0.1) is 0 Å². The average molecular weight is 395 g/mol. The molecule has 0 spiro atoms. The van der Waals surface area contributed by atoms with Crippen LogP contribution in [0.15, 0.2) is 46.9 Å². The van der Waals surface area contributed by atoms with Crippen molar-refractivity contribution in [1.29, 1.82) is 0 Å². The van der Waals surface area contributed by atoms with Crippen molar-refractivity contribution in [2.24, 2.45) is 0 Å². The molecule has 0 radical (unpaired) electrons. The maximum Gasteiger partial charge on any atom is 0.257 e. The van der Waals surface area contributed by atoms with Crippen molar-refractivity contribution >= 4 is 44.9 Å². The number of thiocarbonyl (C=S) groups is 1. The smallest absolute Gasteiger partial charge is 0.257 e. The van der Waals surface area contributed by atoms with Crippen molar-refractivity contribution in [3.05, 3.63) is 52.5 Å². The summed E-state index contributed by atoms with van der Waals surface area (Å²) in [6.45, 7) is 0. The molecule has 5 nitrogen and oxygen atoms in total. The van der Waals surface area contributed by atoms with Crippen molar-refractivity contribution in [1.82, 2.24) is 5.32 Å². The summed E-state index contributed by atoms with van der Waals surface area (Å²) in [7, 11) is 3.11. The van der Waals surface area contributed by atoms with Gasteiger partial charge in [-0.3, -0.25) is 10.1 Å². The summed E-state index contributed by atoms with van der Waals surface area (Å²) in [5, 5.41) is 5.76. The van der Waals surface area contributed by atoms with Crippen LogP contribution in [0.4, 0.5) is 5.69 Å². The number of carbonyl (C=O) groups is 1. The van der Waals surface area contributed by atoms with Crippen LogP contribution in [0.25, 0.3) is 0 Å². The molecule has 0 unspecified atom stereocenters. The lowest BCUT2D eigenvalue weighted by molar-refractivity contribution is 0.0977. The van der Waals surface area contributed by atoms with Gasteiger partial charge in [0.15, 0.2) is 16.6 Å². The molecule has 0 aliphatic carbocycles. The SMILES string of the molecule is COc1ccc(NC(=S)NC(=O)c2cccc(Br)c2)cc1OC. The van der Waals surface area contributed by atoms with Crippen LogP contribution in [0.2, 0.25) is 0 Å². The van der Waals surface area contributed by atoms with Crippen LogP contribution in [0.3, 0.4) is 0 Å². The lowest BCUT2D eigenvalue weighted by Crippen LogP contribution is -2.34.